The van der Waals surface area contributed by atoms with Crippen molar-refractivity contribution >= 4 is 5.82 Å². The number of hydrogen-bond acceptors (Lipinski definition) is 4. The summed E-state index contributed by atoms with van der Waals surface area (Å²) in [7, 11) is 0. The molecular formula is C12H22N4O. The Morgan fingerprint density at radius 3 is 2.76 bits per heavy atom. The number of nitrogens with two attached hydrogens (primary N) is 1. The number of aromatic nitrogens is 2. The van der Waals surface area contributed by atoms with Crippen LogP contribution >= 0.6 is 0 Å². The molecule has 0 saturated carbocycles. The quantitative estimate of drug-likeness (QED) is 0.693. The minimum atomic E-state index is -0.125. The smallest absolute Gasteiger partial charge is 0.252 e. The molecule has 17 heavy (non-hydrogen) atoms. The van der Waals surface area contributed by atoms with E-state index in [2.05, 4.69) is 29.1 Å². The number of nitrogens with zero attached hydrogens (tertiary/aromatic N) is 1. The molecule has 1 unspecified atom stereocenters. The lowest BCUT2D eigenvalue weighted by Crippen LogP contribution is -2.31. The molecule has 1 rings (SSSR count). The first kappa shape index (κ1) is 13.7. The first-order valence-electron chi connectivity index (χ1n) is 6.12. The van der Waals surface area contributed by atoms with Gasteiger partial charge in [0.05, 0.1) is 0 Å². The summed E-state index contributed by atoms with van der Waals surface area (Å²) >= 11 is 0. The van der Waals surface area contributed by atoms with E-state index in [9.17, 15) is 4.79 Å². The molecular weight excluding hydrogens is 216 g/mol. The molecule has 0 radical (unpaired) electrons. The standard InChI is InChI=1S/C12H22N4O/c1-4-10-15-11(6-12(17)16-10)14-9(7-13)5-8(2)3/h6,8-9H,4-5,7,13H2,1-3H3,(H2,14,15,16,17). The summed E-state index contributed by atoms with van der Waals surface area (Å²) in [6.07, 6.45) is 1.68. The van der Waals surface area contributed by atoms with Crippen LogP contribution in [0.5, 0.6) is 0 Å². The summed E-state index contributed by atoms with van der Waals surface area (Å²) in [6.45, 7) is 6.78. The summed E-state index contributed by atoms with van der Waals surface area (Å²) in [5.41, 5.74) is 5.58. The van der Waals surface area contributed by atoms with Gasteiger partial charge in [0.15, 0.2) is 0 Å². The number of aromatic amines is 1. The fraction of sp³-hybridized carbons (Fsp3) is 0.667. The van der Waals surface area contributed by atoms with Crippen LogP contribution in [0, 0.1) is 5.92 Å². The Bertz CT molecular complexity index is 400. The zero-order valence-corrected chi connectivity index (χ0v) is 10.8. The zero-order chi connectivity index (χ0) is 12.8. The number of hydrogen-bond donors (Lipinski definition) is 3. The average Bonchev–Trinajstić information content (AvgIpc) is 2.26. The molecule has 5 heteroatoms. The molecule has 0 bridgehead atoms. The fourth-order valence-corrected chi connectivity index (χ4v) is 1.74. The number of rotatable bonds is 6. The van der Waals surface area contributed by atoms with E-state index < -0.39 is 0 Å². The molecule has 1 aromatic heterocycles. The summed E-state index contributed by atoms with van der Waals surface area (Å²) < 4.78 is 0. The van der Waals surface area contributed by atoms with Gasteiger partial charge in [0, 0.05) is 25.1 Å². The van der Waals surface area contributed by atoms with Gasteiger partial charge in [-0.15, -0.1) is 0 Å². The van der Waals surface area contributed by atoms with Gasteiger partial charge in [-0.2, -0.15) is 0 Å². The molecule has 4 N–H and O–H groups in total. The molecule has 0 aliphatic heterocycles. The van der Waals surface area contributed by atoms with E-state index in [-0.39, 0.29) is 11.6 Å². The molecule has 1 aromatic rings. The van der Waals surface area contributed by atoms with Gasteiger partial charge in [0.25, 0.3) is 5.56 Å². The summed E-state index contributed by atoms with van der Waals surface area (Å²) in [4.78, 5) is 18.4. The minimum absolute atomic E-state index is 0.125. The van der Waals surface area contributed by atoms with E-state index in [1.54, 1.807) is 0 Å². The number of aryl methyl sites for hydroxylation is 1. The van der Waals surface area contributed by atoms with Gasteiger partial charge >= 0.3 is 0 Å². The van der Waals surface area contributed by atoms with Gasteiger partial charge in [-0.1, -0.05) is 20.8 Å². The van der Waals surface area contributed by atoms with Crippen LogP contribution in [0.2, 0.25) is 0 Å². The van der Waals surface area contributed by atoms with E-state index in [1.807, 2.05) is 6.92 Å². The van der Waals surface area contributed by atoms with Crippen LogP contribution in [-0.4, -0.2) is 22.6 Å². The summed E-state index contributed by atoms with van der Waals surface area (Å²) in [5.74, 6) is 1.87. The number of nitrogens with one attached hydrogen (secondary N) is 2. The average molecular weight is 238 g/mol. The van der Waals surface area contributed by atoms with Crippen LogP contribution in [0.15, 0.2) is 10.9 Å². The Balaban J connectivity index is 2.78. The molecule has 0 amide bonds. The monoisotopic (exact) mass is 238 g/mol. The summed E-state index contributed by atoms with van der Waals surface area (Å²) in [6, 6.07) is 1.64. The lowest BCUT2D eigenvalue weighted by molar-refractivity contribution is 0.520. The topological polar surface area (TPSA) is 83.8 Å². The van der Waals surface area contributed by atoms with E-state index >= 15 is 0 Å². The minimum Gasteiger partial charge on any atom is -0.366 e. The Labute approximate surface area is 102 Å². The van der Waals surface area contributed by atoms with E-state index in [0.29, 0.717) is 30.5 Å². The zero-order valence-electron chi connectivity index (χ0n) is 10.8. The first-order valence-corrected chi connectivity index (χ1v) is 6.12. The van der Waals surface area contributed by atoms with Crippen molar-refractivity contribution in [3.05, 3.63) is 22.2 Å². The predicted octanol–water partition coefficient (Wildman–Crippen LogP) is 1.12. The third-order valence-corrected chi connectivity index (χ3v) is 2.52. The normalized spacial score (nSPS) is 12.8. The van der Waals surface area contributed by atoms with Crippen LogP contribution in [0.3, 0.4) is 0 Å². The lowest BCUT2D eigenvalue weighted by atomic mass is 10.0. The second-order valence-corrected chi connectivity index (χ2v) is 4.64. The van der Waals surface area contributed by atoms with Crippen molar-refractivity contribution in [2.24, 2.45) is 11.7 Å². The van der Waals surface area contributed by atoms with Crippen molar-refractivity contribution in [2.75, 3.05) is 11.9 Å². The lowest BCUT2D eigenvalue weighted by Gasteiger charge is -2.19. The highest BCUT2D eigenvalue weighted by molar-refractivity contribution is 5.34. The molecule has 0 fully saturated rings. The van der Waals surface area contributed by atoms with Crippen molar-refractivity contribution < 1.29 is 0 Å². The highest BCUT2D eigenvalue weighted by atomic mass is 16.1. The maximum Gasteiger partial charge on any atom is 0.252 e. The van der Waals surface area contributed by atoms with Gasteiger partial charge < -0.3 is 16.0 Å². The molecule has 0 spiro atoms. The molecule has 0 saturated heterocycles. The van der Waals surface area contributed by atoms with Crippen LogP contribution in [0.4, 0.5) is 5.82 Å². The molecule has 0 aliphatic carbocycles. The Hall–Kier alpha value is -1.36. The van der Waals surface area contributed by atoms with Crippen molar-refractivity contribution in [2.45, 2.75) is 39.7 Å². The largest absolute Gasteiger partial charge is 0.366 e. The SMILES string of the molecule is CCc1nc(NC(CN)CC(C)C)cc(=O)[nH]1. The Morgan fingerprint density at radius 1 is 1.53 bits per heavy atom. The molecule has 1 heterocycles. The van der Waals surface area contributed by atoms with Crippen molar-refractivity contribution in [3.63, 3.8) is 0 Å². The molecule has 0 aliphatic rings. The van der Waals surface area contributed by atoms with E-state index in [1.165, 1.54) is 6.07 Å². The van der Waals surface area contributed by atoms with Gasteiger partial charge in [-0.25, -0.2) is 4.98 Å². The Morgan fingerprint density at radius 2 is 2.24 bits per heavy atom. The molecule has 96 valence electrons. The fourth-order valence-electron chi connectivity index (χ4n) is 1.74. The highest BCUT2D eigenvalue weighted by Gasteiger charge is 2.10. The van der Waals surface area contributed by atoms with Crippen LogP contribution in [0.1, 0.15) is 33.0 Å². The van der Waals surface area contributed by atoms with Gasteiger partial charge in [-0.05, 0) is 12.3 Å². The maximum absolute atomic E-state index is 11.4. The second kappa shape index (κ2) is 6.39. The first-order chi connectivity index (χ1) is 8.05. The van der Waals surface area contributed by atoms with Gasteiger partial charge in [0.1, 0.15) is 11.6 Å². The van der Waals surface area contributed by atoms with Crippen molar-refractivity contribution in [1.82, 2.24) is 9.97 Å². The molecule has 1 atom stereocenters. The number of H-pyrrole nitrogens is 1. The highest BCUT2D eigenvalue weighted by Crippen LogP contribution is 2.09. The van der Waals surface area contributed by atoms with Crippen molar-refractivity contribution in [1.29, 1.82) is 0 Å². The van der Waals surface area contributed by atoms with Crippen LogP contribution in [0.25, 0.3) is 0 Å². The number of anilines is 1. The maximum atomic E-state index is 11.4. The van der Waals surface area contributed by atoms with Crippen molar-refractivity contribution in [3.8, 4) is 0 Å². The molecule has 0 aromatic carbocycles. The third kappa shape index (κ3) is 4.56. The van der Waals surface area contributed by atoms with Crippen LogP contribution < -0.4 is 16.6 Å². The second-order valence-electron chi connectivity index (χ2n) is 4.64. The summed E-state index contributed by atoms with van der Waals surface area (Å²) in [5, 5.41) is 3.22. The predicted molar refractivity (Wildman–Crippen MR) is 70.2 cm³/mol. The van der Waals surface area contributed by atoms with Gasteiger partial charge in [-0.3, -0.25) is 4.79 Å². The Kier molecular flexibility index (Phi) is 5.15. The third-order valence-electron chi connectivity index (χ3n) is 2.52. The van der Waals surface area contributed by atoms with E-state index in [4.69, 9.17) is 5.73 Å². The van der Waals surface area contributed by atoms with E-state index in [0.717, 1.165) is 6.42 Å². The van der Waals surface area contributed by atoms with Crippen LogP contribution in [-0.2, 0) is 6.42 Å². The van der Waals surface area contributed by atoms with Gasteiger partial charge in [0.2, 0.25) is 0 Å². The molecule has 5 nitrogen and oxygen atoms in total.